The van der Waals surface area contributed by atoms with Gasteiger partial charge < -0.3 is 11.1 Å². The van der Waals surface area contributed by atoms with Crippen molar-refractivity contribution in [1.29, 1.82) is 0 Å². The third-order valence-corrected chi connectivity index (χ3v) is 4.66. The molecule has 110 valence electrons. The minimum Gasteiger partial charge on any atom is -0.389 e. The Morgan fingerprint density at radius 2 is 2.20 bits per heavy atom. The van der Waals surface area contributed by atoms with Gasteiger partial charge in [-0.05, 0) is 42.0 Å². The molecule has 1 aromatic carbocycles. The van der Waals surface area contributed by atoms with Crippen LogP contribution in [0.2, 0.25) is 0 Å². The zero-order valence-corrected chi connectivity index (χ0v) is 12.3. The van der Waals surface area contributed by atoms with Gasteiger partial charge >= 0.3 is 6.18 Å². The Balaban J connectivity index is 2.16. The number of rotatable bonds is 4. The van der Waals surface area contributed by atoms with Crippen molar-refractivity contribution in [3.8, 4) is 0 Å². The second-order valence-corrected chi connectivity index (χ2v) is 6.32. The minimum atomic E-state index is -4.46. The van der Waals surface area contributed by atoms with Crippen molar-refractivity contribution in [2.75, 3.05) is 23.4 Å². The highest BCUT2D eigenvalue weighted by Gasteiger charge is 2.34. The molecule has 0 spiro atoms. The van der Waals surface area contributed by atoms with Crippen molar-refractivity contribution >= 4 is 34.7 Å². The third-order valence-electron chi connectivity index (χ3n) is 3.21. The molecule has 1 aromatic rings. The van der Waals surface area contributed by atoms with E-state index in [1.165, 1.54) is 6.07 Å². The van der Waals surface area contributed by atoms with Crippen molar-refractivity contribution in [2.45, 2.75) is 12.6 Å². The summed E-state index contributed by atoms with van der Waals surface area (Å²) in [6, 6.07) is 4.00. The Hall–Kier alpha value is -0.950. The van der Waals surface area contributed by atoms with Crippen LogP contribution in [0, 0.1) is 5.92 Å². The number of nitrogens with two attached hydrogens (primary N) is 1. The number of thioether (sulfide) groups is 1. The molecule has 1 saturated heterocycles. The lowest BCUT2D eigenvalue weighted by Gasteiger charge is -2.16. The molecule has 7 heteroatoms. The number of alkyl halides is 3. The van der Waals surface area contributed by atoms with Crippen LogP contribution in [0.3, 0.4) is 0 Å². The lowest BCUT2D eigenvalue weighted by Crippen LogP contribution is -2.19. The molecule has 2 nitrogen and oxygen atoms in total. The number of nitrogens with one attached hydrogen (secondary N) is 1. The van der Waals surface area contributed by atoms with Crippen molar-refractivity contribution in [1.82, 2.24) is 0 Å². The number of hydrogen-bond acceptors (Lipinski definition) is 3. The van der Waals surface area contributed by atoms with Gasteiger partial charge in [-0.15, -0.1) is 0 Å². The minimum absolute atomic E-state index is 0.130. The number of benzene rings is 1. The molecule has 0 saturated carbocycles. The Bertz CT molecular complexity index is 497. The molecule has 1 aliphatic rings. The molecule has 1 atom stereocenters. The standard InChI is InChI=1S/C13H15F3N2S2/c14-13(15,16)11-5-9(1-2-10(11)12(17)19)18-6-8-3-4-20-7-8/h1-2,5,8,18H,3-4,6-7H2,(H2,17,19). The van der Waals surface area contributed by atoms with Crippen LogP contribution in [0.4, 0.5) is 18.9 Å². The van der Waals surface area contributed by atoms with Gasteiger partial charge in [0, 0.05) is 17.8 Å². The van der Waals surface area contributed by atoms with E-state index >= 15 is 0 Å². The quantitative estimate of drug-likeness (QED) is 0.833. The van der Waals surface area contributed by atoms with Gasteiger partial charge in [-0.2, -0.15) is 24.9 Å². The summed E-state index contributed by atoms with van der Waals surface area (Å²) in [5, 5.41) is 3.07. The van der Waals surface area contributed by atoms with E-state index in [0.29, 0.717) is 18.2 Å². The van der Waals surface area contributed by atoms with Gasteiger partial charge in [-0.3, -0.25) is 0 Å². The SMILES string of the molecule is NC(=S)c1ccc(NCC2CCSC2)cc1C(F)(F)F. The van der Waals surface area contributed by atoms with Crippen LogP contribution in [0.25, 0.3) is 0 Å². The summed E-state index contributed by atoms with van der Waals surface area (Å²) >= 11 is 6.55. The summed E-state index contributed by atoms with van der Waals surface area (Å²) in [6.07, 6.45) is -3.35. The highest BCUT2D eigenvalue weighted by atomic mass is 32.2. The van der Waals surface area contributed by atoms with Gasteiger partial charge in [0.15, 0.2) is 0 Å². The first-order valence-electron chi connectivity index (χ1n) is 6.20. The van der Waals surface area contributed by atoms with Crippen LogP contribution in [0.1, 0.15) is 17.5 Å². The van der Waals surface area contributed by atoms with Gasteiger partial charge in [0.1, 0.15) is 4.99 Å². The summed E-state index contributed by atoms with van der Waals surface area (Å²) in [6.45, 7) is 0.691. The van der Waals surface area contributed by atoms with Crippen molar-refractivity contribution in [3.05, 3.63) is 29.3 Å². The molecule has 2 rings (SSSR count). The van der Waals surface area contributed by atoms with E-state index in [1.807, 2.05) is 11.8 Å². The average molecular weight is 320 g/mol. The van der Waals surface area contributed by atoms with Crippen LogP contribution in [-0.4, -0.2) is 23.0 Å². The zero-order chi connectivity index (χ0) is 14.8. The molecule has 1 aliphatic heterocycles. The maximum absolute atomic E-state index is 13.0. The van der Waals surface area contributed by atoms with E-state index in [9.17, 15) is 13.2 Å². The maximum atomic E-state index is 13.0. The molecular weight excluding hydrogens is 305 g/mol. The zero-order valence-electron chi connectivity index (χ0n) is 10.7. The lowest BCUT2D eigenvalue weighted by atomic mass is 10.1. The second-order valence-electron chi connectivity index (χ2n) is 4.73. The Kier molecular flexibility index (Phi) is 4.80. The van der Waals surface area contributed by atoms with Gasteiger partial charge in [0.2, 0.25) is 0 Å². The van der Waals surface area contributed by atoms with E-state index in [-0.39, 0.29) is 10.6 Å². The number of hydrogen-bond donors (Lipinski definition) is 2. The Morgan fingerprint density at radius 3 is 2.75 bits per heavy atom. The number of anilines is 1. The summed E-state index contributed by atoms with van der Waals surface area (Å²) in [7, 11) is 0. The summed E-state index contributed by atoms with van der Waals surface area (Å²) < 4.78 is 39.0. The van der Waals surface area contributed by atoms with Crippen molar-refractivity contribution < 1.29 is 13.2 Å². The summed E-state index contributed by atoms with van der Waals surface area (Å²) in [5.74, 6) is 2.70. The van der Waals surface area contributed by atoms with Gasteiger partial charge in [-0.25, -0.2) is 0 Å². The highest BCUT2D eigenvalue weighted by molar-refractivity contribution is 7.99. The topological polar surface area (TPSA) is 38.0 Å². The van der Waals surface area contributed by atoms with Gasteiger partial charge in [0.25, 0.3) is 0 Å². The molecule has 0 radical (unpaired) electrons. The van der Waals surface area contributed by atoms with Gasteiger partial charge in [0.05, 0.1) is 5.56 Å². The van der Waals surface area contributed by atoms with Crippen LogP contribution in [0.15, 0.2) is 18.2 Å². The molecule has 0 aromatic heterocycles. The monoisotopic (exact) mass is 320 g/mol. The van der Waals surface area contributed by atoms with Crippen LogP contribution in [-0.2, 0) is 6.18 Å². The first-order valence-corrected chi connectivity index (χ1v) is 7.77. The van der Waals surface area contributed by atoms with Crippen LogP contribution < -0.4 is 11.1 Å². The van der Waals surface area contributed by atoms with Crippen molar-refractivity contribution in [2.24, 2.45) is 11.7 Å². The highest BCUT2D eigenvalue weighted by Crippen LogP contribution is 2.34. The molecule has 1 heterocycles. The normalized spacial score (nSPS) is 19.1. The van der Waals surface area contributed by atoms with Crippen LogP contribution >= 0.6 is 24.0 Å². The number of thiocarbonyl (C=S) groups is 1. The van der Waals surface area contributed by atoms with E-state index in [4.69, 9.17) is 5.73 Å². The first-order chi connectivity index (χ1) is 9.38. The fourth-order valence-corrected chi connectivity index (χ4v) is 3.57. The van der Waals surface area contributed by atoms with E-state index in [2.05, 4.69) is 17.5 Å². The van der Waals surface area contributed by atoms with Crippen molar-refractivity contribution in [3.63, 3.8) is 0 Å². The lowest BCUT2D eigenvalue weighted by molar-refractivity contribution is -0.137. The van der Waals surface area contributed by atoms with E-state index < -0.39 is 11.7 Å². The second kappa shape index (κ2) is 6.22. The first kappa shape index (κ1) is 15.4. The van der Waals surface area contributed by atoms with Crippen LogP contribution in [0.5, 0.6) is 0 Å². The smallest absolute Gasteiger partial charge is 0.389 e. The number of halogens is 3. The molecule has 20 heavy (non-hydrogen) atoms. The average Bonchev–Trinajstić information content (AvgIpc) is 2.88. The summed E-state index contributed by atoms with van der Waals surface area (Å²) in [4.78, 5) is -0.240. The summed E-state index contributed by atoms with van der Waals surface area (Å²) in [5.41, 5.74) is 4.88. The Morgan fingerprint density at radius 1 is 1.45 bits per heavy atom. The fraction of sp³-hybridized carbons (Fsp3) is 0.462. The molecule has 3 N–H and O–H groups in total. The predicted octanol–water partition coefficient (Wildman–Crippen LogP) is 3.50. The Labute approximate surface area is 125 Å². The molecular formula is C13H15F3N2S2. The maximum Gasteiger partial charge on any atom is 0.417 e. The predicted molar refractivity (Wildman–Crippen MR) is 81.3 cm³/mol. The largest absolute Gasteiger partial charge is 0.417 e. The molecule has 1 fully saturated rings. The van der Waals surface area contributed by atoms with E-state index in [1.54, 1.807) is 6.07 Å². The molecule has 0 amide bonds. The molecule has 1 unspecified atom stereocenters. The fourth-order valence-electron chi connectivity index (χ4n) is 2.11. The molecule has 0 aliphatic carbocycles. The van der Waals surface area contributed by atoms with Gasteiger partial charge in [-0.1, -0.05) is 12.2 Å². The third kappa shape index (κ3) is 3.79. The molecule has 0 bridgehead atoms. The van der Waals surface area contributed by atoms with E-state index in [0.717, 1.165) is 24.0 Å².